The van der Waals surface area contributed by atoms with Crippen LogP contribution in [0, 0.1) is 11.6 Å². The van der Waals surface area contributed by atoms with E-state index in [1.165, 1.54) is 25.3 Å². The highest BCUT2D eigenvalue weighted by Crippen LogP contribution is 2.36. The van der Waals surface area contributed by atoms with Crippen molar-refractivity contribution in [3.05, 3.63) is 83.7 Å². The summed E-state index contributed by atoms with van der Waals surface area (Å²) in [6.45, 7) is 1.26. The molecule has 0 aliphatic heterocycles. The van der Waals surface area contributed by atoms with Gasteiger partial charge in [-0.25, -0.2) is 8.78 Å². The van der Waals surface area contributed by atoms with E-state index in [-0.39, 0.29) is 11.3 Å². The zero-order chi connectivity index (χ0) is 19.5. The Bertz CT molecular complexity index is 1090. The van der Waals surface area contributed by atoms with Crippen molar-refractivity contribution in [3.63, 3.8) is 0 Å². The number of ether oxygens (including phenoxy) is 1. The van der Waals surface area contributed by atoms with E-state index in [4.69, 9.17) is 9.15 Å². The van der Waals surface area contributed by atoms with E-state index in [2.05, 4.69) is 10.3 Å². The average molecular weight is 380 g/mol. The summed E-state index contributed by atoms with van der Waals surface area (Å²) in [6.07, 6.45) is 3.54. The van der Waals surface area contributed by atoms with Crippen LogP contribution in [0.2, 0.25) is 0 Å². The maximum atomic E-state index is 14.1. The second-order valence-electron chi connectivity index (χ2n) is 6.39. The Kier molecular flexibility index (Phi) is 5.04. The van der Waals surface area contributed by atoms with Gasteiger partial charge in [-0.15, -0.1) is 0 Å². The van der Waals surface area contributed by atoms with E-state index >= 15 is 0 Å². The van der Waals surface area contributed by atoms with Crippen LogP contribution in [0.1, 0.15) is 11.1 Å². The van der Waals surface area contributed by atoms with Crippen molar-refractivity contribution < 1.29 is 17.9 Å². The molecule has 142 valence electrons. The molecule has 0 atom stereocenters. The average Bonchev–Trinajstić information content (AvgIpc) is 3.11. The van der Waals surface area contributed by atoms with Crippen LogP contribution in [0.5, 0.6) is 5.75 Å². The van der Waals surface area contributed by atoms with Crippen molar-refractivity contribution >= 4 is 11.0 Å². The summed E-state index contributed by atoms with van der Waals surface area (Å²) >= 11 is 0. The summed E-state index contributed by atoms with van der Waals surface area (Å²) in [4.78, 5) is 4.09. The molecule has 4 nitrogen and oxygen atoms in total. The zero-order valence-electron chi connectivity index (χ0n) is 15.2. The SMILES string of the molecule is COc1cc(CNCc2cccnc2)cc2cc(-c3c(F)cccc3F)oc12. The molecule has 1 N–H and O–H groups in total. The second kappa shape index (κ2) is 7.78. The van der Waals surface area contributed by atoms with E-state index in [1.807, 2.05) is 30.5 Å². The molecule has 2 aromatic heterocycles. The first-order chi connectivity index (χ1) is 13.7. The normalized spacial score (nSPS) is 11.1. The summed E-state index contributed by atoms with van der Waals surface area (Å²) in [7, 11) is 1.54. The largest absolute Gasteiger partial charge is 0.493 e. The van der Waals surface area contributed by atoms with Crippen molar-refractivity contribution in [2.24, 2.45) is 0 Å². The number of nitrogens with zero attached hydrogens (tertiary/aromatic N) is 1. The molecule has 0 aliphatic carbocycles. The molecule has 6 heteroatoms. The van der Waals surface area contributed by atoms with Crippen LogP contribution < -0.4 is 10.1 Å². The monoisotopic (exact) mass is 380 g/mol. The minimum Gasteiger partial charge on any atom is -0.493 e. The molecule has 0 fully saturated rings. The lowest BCUT2D eigenvalue weighted by molar-refractivity contribution is 0.410. The van der Waals surface area contributed by atoms with Crippen LogP contribution >= 0.6 is 0 Å². The van der Waals surface area contributed by atoms with Crippen LogP contribution in [0.4, 0.5) is 8.78 Å². The third kappa shape index (κ3) is 3.59. The molecule has 0 saturated carbocycles. The fraction of sp³-hybridized carbons (Fsp3) is 0.136. The van der Waals surface area contributed by atoms with Gasteiger partial charge in [-0.3, -0.25) is 4.98 Å². The number of methoxy groups -OCH3 is 1. The molecule has 0 amide bonds. The fourth-order valence-corrected chi connectivity index (χ4v) is 3.14. The molecule has 0 radical (unpaired) electrons. The Hall–Kier alpha value is -3.25. The highest BCUT2D eigenvalue weighted by atomic mass is 19.1. The third-order valence-corrected chi connectivity index (χ3v) is 4.45. The number of benzene rings is 2. The minimum atomic E-state index is -0.670. The van der Waals surface area contributed by atoms with Gasteiger partial charge in [0.2, 0.25) is 0 Å². The van der Waals surface area contributed by atoms with E-state index in [1.54, 1.807) is 12.3 Å². The van der Waals surface area contributed by atoms with E-state index in [9.17, 15) is 8.78 Å². The topological polar surface area (TPSA) is 47.3 Å². The molecule has 0 bridgehead atoms. The first-order valence-electron chi connectivity index (χ1n) is 8.80. The highest BCUT2D eigenvalue weighted by Gasteiger charge is 2.18. The number of aromatic nitrogens is 1. The molecule has 0 unspecified atom stereocenters. The lowest BCUT2D eigenvalue weighted by Gasteiger charge is -2.07. The number of fused-ring (bicyclic) bond motifs is 1. The lowest BCUT2D eigenvalue weighted by atomic mass is 10.1. The van der Waals surface area contributed by atoms with Gasteiger partial charge in [0.15, 0.2) is 11.3 Å². The van der Waals surface area contributed by atoms with E-state index in [0.717, 1.165) is 16.5 Å². The summed E-state index contributed by atoms with van der Waals surface area (Å²) in [5.41, 5.74) is 2.32. The first kappa shape index (κ1) is 18.1. The molecule has 28 heavy (non-hydrogen) atoms. The number of nitrogens with one attached hydrogen (secondary N) is 1. The number of hydrogen-bond acceptors (Lipinski definition) is 4. The van der Waals surface area contributed by atoms with Gasteiger partial charge in [-0.2, -0.15) is 0 Å². The number of furan rings is 1. The van der Waals surface area contributed by atoms with Crippen molar-refractivity contribution in [3.8, 4) is 17.1 Å². The van der Waals surface area contributed by atoms with Crippen molar-refractivity contribution in [2.45, 2.75) is 13.1 Å². The molecular formula is C22H18F2N2O2. The Morgan fingerprint density at radius 3 is 2.50 bits per heavy atom. The van der Waals surface area contributed by atoms with E-state index < -0.39 is 11.6 Å². The zero-order valence-corrected chi connectivity index (χ0v) is 15.2. The third-order valence-electron chi connectivity index (χ3n) is 4.45. The van der Waals surface area contributed by atoms with Crippen LogP contribution in [0.3, 0.4) is 0 Å². The Balaban J connectivity index is 1.63. The smallest absolute Gasteiger partial charge is 0.176 e. The predicted octanol–water partition coefficient (Wildman–Crippen LogP) is 5.07. The molecular weight excluding hydrogens is 362 g/mol. The van der Waals surface area contributed by atoms with Crippen LogP contribution in [0.15, 0.2) is 65.3 Å². The molecule has 0 spiro atoms. The molecule has 0 aliphatic rings. The molecule has 2 aromatic carbocycles. The number of rotatable bonds is 6. The number of hydrogen-bond donors (Lipinski definition) is 1. The van der Waals surface area contributed by atoms with Gasteiger partial charge in [-0.1, -0.05) is 12.1 Å². The summed E-state index contributed by atoms with van der Waals surface area (Å²) < 4.78 is 39.4. The van der Waals surface area contributed by atoms with Gasteiger partial charge in [0.1, 0.15) is 17.4 Å². The van der Waals surface area contributed by atoms with Gasteiger partial charge in [0.25, 0.3) is 0 Å². The lowest BCUT2D eigenvalue weighted by Crippen LogP contribution is -2.12. The second-order valence-corrected chi connectivity index (χ2v) is 6.39. The molecule has 4 rings (SSSR count). The van der Waals surface area contributed by atoms with Crippen molar-refractivity contribution in [1.82, 2.24) is 10.3 Å². The fourth-order valence-electron chi connectivity index (χ4n) is 3.14. The molecule has 4 aromatic rings. The summed E-state index contributed by atoms with van der Waals surface area (Å²) in [5, 5.41) is 4.06. The van der Waals surface area contributed by atoms with Gasteiger partial charge in [0.05, 0.1) is 12.7 Å². The van der Waals surface area contributed by atoms with Gasteiger partial charge in [0, 0.05) is 30.9 Å². The van der Waals surface area contributed by atoms with Crippen LogP contribution in [0.25, 0.3) is 22.3 Å². The predicted molar refractivity (Wildman–Crippen MR) is 103 cm³/mol. The Labute approximate surface area is 160 Å². The van der Waals surface area contributed by atoms with E-state index in [0.29, 0.717) is 24.4 Å². The highest BCUT2D eigenvalue weighted by molar-refractivity contribution is 5.88. The summed E-state index contributed by atoms with van der Waals surface area (Å²) in [6, 6.07) is 13.0. The van der Waals surface area contributed by atoms with Crippen molar-refractivity contribution in [2.75, 3.05) is 7.11 Å². The maximum Gasteiger partial charge on any atom is 0.176 e. The standard InChI is InChI=1S/C22H18F2N2O2/c1-27-20-9-15(13-26-12-14-4-3-7-25-11-14)8-16-10-19(28-22(16)20)21-17(23)5-2-6-18(21)24/h2-11,26H,12-13H2,1H3. The summed E-state index contributed by atoms with van der Waals surface area (Å²) in [5.74, 6) is -0.698. The first-order valence-corrected chi connectivity index (χ1v) is 8.80. The number of halogens is 2. The number of pyridine rings is 1. The maximum absolute atomic E-state index is 14.1. The molecule has 0 saturated heterocycles. The molecule has 2 heterocycles. The van der Waals surface area contributed by atoms with Crippen LogP contribution in [-0.4, -0.2) is 12.1 Å². The van der Waals surface area contributed by atoms with Crippen LogP contribution in [-0.2, 0) is 13.1 Å². The van der Waals surface area contributed by atoms with Gasteiger partial charge >= 0.3 is 0 Å². The Morgan fingerprint density at radius 2 is 1.79 bits per heavy atom. The van der Waals surface area contributed by atoms with Gasteiger partial charge < -0.3 is 14.5 Å². The van der Waals surface area contributed by atoms with Crippen molar-refractivity contribution in [1.29, 1.82) is 0 Å². The quantitative estimate of drug-likeness (QED) is 0.507. The Morgan fingerprint density at radius 1 is 1.00 bits per heavy atom. The van der Waals surface area contributed by atoms with Gasteiger partial charge in [-0.05, 0) is 47.5 Å². The minimum absolute atomic E-state index is 0.129.